The van der Waals surface area contributed by atoms with Crippen molar-refractivity contribution in [2.75, 3.05) is 0 Å². The number of carboxylic acids is 1. The number of hydrogen-bond acceptors (Lipinski definition) is 3. The van der Waals surface area contributed by atoms with Gasteiger partial charge in [0.1, 0.15) is 11.5 Å². The van der Waals surface area contributed by atoms with Crippen molar-refractivity contribution >= 4 is 12.0 Å². The van der Waals surface area contributed by atoms with Crippen LogP contribution in [0.5, 0.6) is 0 Å². The Morgan fingerprint density at radius 2 is 2.29 bits per heavy atom. The summed E-state index contributed by atoms with van der Waals surface area (Å²) >= 11 is 0. The summed E-state index contributed by atoms with van der Waals surface area (Å²) in [4.78, 5) is 10.5. The molecule has 0 fully saturated rings. The first kappa shape index (κ1) is 11.2. The number of nitrogens with zero attached hydrogens (tertiary/aromatic N) is 1. The van der Waals surface area contributed by atoms with E-state index in [4.69, 9.17) is 9.52 Å². The summed E-state index contributed by atoms with van der Waals surface area (Å²) in [6, 6.07) is 1.89. The predicted molar refractivity (Wildman–Crippen MR) is 62.4 cm³/mol. The summed E-state index contributed by atoms with van der Waals surface area (Å²) in [6.07, 6.45) is 4.16. The third kappa shape index (κ3) is 2.28. The van der Waals surface area contributed by atoms with Crippen molar-refractivity contribution in [2.45, 2.75) is 13.8 Å². The van der Waals surface area contributed by atoms with E-state index in [9.17, 15) is 4.79 Å². The standard InChI is InChI=1S/C12H12N2O3/c1-7-5-10(8(2)17-7)12-9(6-13-14-12)3-4-11(15)16/h3-6H,1-2H3,(H,13,14)(H,15,16)/b4-3+. The number of nitrogens with one attached hydrogen (secondary N) is 1. The molecule has 0 saturated heterocycles. The highest BCUT2D eigenvalue weighted by atomic mass is 16.4. The number of H-pyrrole nitrogens is 1. The second kappa shape index (κ2) is 4.29. The maximum Gasteiger partial charge on any atom is 0.328 e. The molecule has 0 bridgehead atoms. The Bertz CT molecular complexity index is 578. The summed E-state index contributed by atoms with van der Waals surface area (Å²) < 4.78 is 5.43. The molecule has 0 aliphatic carbocycles. The van der Waals surface area contributed by atoms with Crippen LogP contribution >= 0.6 is 0 Å². The van der Waals surface area contributed by atoms with Gasteiger partial charge in [0, 0.05) is 17.2 Å². The highest BCUT2D eigenvalue weighted by molar-refractivity contribution is 5.87. The lowest BCUT2D eigenvalue weighted by Gasteiger charge is -1.96. The minimum Gasteiger partial charge on any atom is -0.478 e. The van der Waals surface area contributed by atoms with E-state index in [0.717, 1.165) is 34.4 Å². The zero-order chi connectivity index (χ0) is 12.4. The van der Waals surface area contributed by atoms with Crippen LogP contribution in [0.1, 0.15) is 17.1 Å². The van der Waals surface area contributed by atoms with Gasteiger partial charge in [-0.1, -0.05) is 0 Å². The van der Waals surface area contributed by atoms with Gasteiger partial charge in [0.15, 0.2) is 0 Å². The minimum atomic E-state index is -0.989. The fourth-order valence-corrected chi connectivity index (χ4v) is 1.68. The molecule has 0 aliphatic heterocycles. The van der Waals surface area contributed by atoms with Gasteiger partial charge in [-0.05, 0) is 26.0 Å². The van der Waals surface area contributed by atoms with Crippen LogP contribution in [0.2, 0.25) is 0 Å². The largest absolute Gasteiger partial charge is 0.478 e. The number of carboxylic acid groups (broad SMARTS) is 1. The Labute approximate surface area is 97.8 Å². The van der Waals surface area contributed by atoms with Crippen molar-refractivity contribution in [3.8, 4) is 11.3 Å². The summed E-state index contributed by atoms with van der Waals surface area (Å²) in [6.45, 7) is 3.72. The third-order valence-corrected chi connectivity index (χ3v) is 2.38. The molecule has 0 amide bonds. The van der Waals surface area contributed by atoms with Crippen molar-refractivity contribution in [3.05, 3.63) is 35.4 Å². The topological polar surface area (TPSA) is 79.1 Å². The molecule has 5 nitrogen and oxygen atoms in total. The molecule has 2 rings (SSSR count). The van der Waals surface area contributed by atoms with E-state index in [1.54, 1.807) is 6.20 Å². The highest BCUT2D eigenvalue weighted by Gasteiger charge is 2.12. The number of rotatable bonds is 3. The smallest absolute Gasteiger partial charge is 0.328 e. The number of furan rings is 1. The Morgan fingerprint density at radius 3 is 2.88 bits per heavy atom. The molecule has 0 saturated carbocycles. The van der Waals surface area contributed by atoms with Gasteiger partial charge >= 0.3 is 5.97 Å². The molecule has 2 N–H and O–H groups in total. The SMILES string of the molecule is Cc1cc(-c2[nH]ncc2/C=C/C(=O)O)c(C)o1. The second-order valence-electron chi connectivity index (χ2n) is 3.70. The average Bonchev–Trinajstić information content (AvgIpc) is 2.81. The lowest BCUT2D eigenvalue weighted by atomic mass is 10.1. The molecular weight excluding hydrogens is 220 g/mol. The molecular formula is C12H12N2O3. The van der Waals surface area contributed by atoms with Gasteiger partial charge in [-0.2, -0.15) is 5.10 Å². The predicted octanol–water partition coefficient (Wildman–Crippen LogP) is 2.38. The zero-order valence-electron chi connectivity index (χ0n) is 9.52. The minimum absolute atomic E-state index is 0.719. The second-order valence-corrected chi connectivity index (χ2v) is 3.70. The number of aromatic nitrogens is 2. The number of hydrogen-bond donors (Lipinski definition) is 2. The molecule has 0 radical (unpaired) electrons. The normalized spacial score (nSPS) is 11.2. The van der Waals surface area contributed by atoms with Gasteiger partial charge < -0.3 is 9.52 Å². The fraction of sp³-hybridized carbons (Fsp3) is 0.167. The molecule has 0 aromatic carbocycles. The molecule has 17 heavy (non-hydrogen) atoms. The summed E-state index contributed by atoms with van der Waals surface area (Å²) in [7, 11) is 0. The van der Waals surface area contributed by atoms with Crippen LogP contribution < -0.4 is 0 Å². The van der Waals surface area contributed by atoms with E-state index in [0.29, 0.717) is 0 Å². The first-order valence-corrected chi connectivity index (χ1v) is 5.09. The first-order chi connectivity index (χ1) is 8.08. The molecule has 0 spiro atoms. The molecule has 2 aromatic heterocycles. The fourth-order valence-electron chi connectivity index (χ4n) is 1.68. The Hall–Kier alpha value is -2.30. The molecule has 88 valence electrons. The van der Waals surface area contributed by atoms with Crippen LogP contribution in [0.15, 0.2) is 22.8 Å². The monoisotopic (exact) mass is 232 g/mol. The van der Waals surface area contributed by atoms with E-state index in [2.05, 4.69) is 10.2 Å². The van der Waals surface area contributed by atoms with E-state index in [-0.39, 0.29) is 0 Å². The maximum atomic E-state index is 10.5. The number of aryl methyl sites for hydroxylation is 2. The first-order valence-electron chi connectivity index (χ1n) is 5.09. The third-order valence-electron chi connectivity index (χ3n) is 2.38. The van der Waals surface area contributed by atoms with E-state index in [1.807, 2.05) is 19.9 Å². The Balaban J connectivity index is 2.43. The van der Waals surface area contributed by atoms with Gasteiger partial charge in [-0.25, -0.2) is 4.79 Å². The summed E-state index contributed by atoms with van der Waals surface area (Å²) in [5.41, 5.74) is 2.37. The molecule has 5 heteroatoms. The van der Waals surface area contributed by atoms with Crippen LogP contribution in [-0.2, 0) is 4.79 Å². The van der Waals surface area contributed by atoms with Crippen molar-refractivity contribution in [1.29, 1.82) is 0 Å². The summed E-state index contributed by atoms with van der Waals surface area (Å²) in [5, 5.41) is 15.4. The zero-order valence-corrected chi connectivity index (χ0v) is 9.52. The molecule has 2 heterocycles. The van der Waals surface area contributed by atoms with Gasteiger partial charge in [-0.15, -0.1) is 0 Å². The van der Waals surface area contributed by atoms with E-state index >= 15 is 0 Å². The quantitative estimate of drug-likeness (QED) is 0.796. The number of aliphatic carboxylic acids is 1. The van der Waals surface area contributed by atoms with Crippen molar-refractivity contribution in [3.63, 3.8) is 0 Å². The van der Waals surface area contributed by atoms with E-state index in [1.165, 1.54) is 6.08 Å². The molecule has 2 aromatic rings. The number of aromatic amines is 1. The van der Waals surface area contributed by atoms with E-state index < -0.39 is 5.97 Å². The van der Waals surface area contributed by atoms with Crippen LogP contribution in [0.4, 0.5) is 0 Å². The number of carbonyl (C=O) groups is 1. The van der Waals surface area contributed by atoms with Crippen molar-refractivity contribution in [1.82, 2.24) is 10.2 Å². The van der Waals surface area contributed by atoms with Gasteiger partial charge in [0.05, 0.1) is 11.9 Å². The Kier molecular flexibility index (Phi) is 2.82. The summed E-state index contributed by atoms with van der Waals surface area (Å²) in [5.74, 6) is 0.592. The highest BCUT2D eigenvalue weighted by Crippen LogP contribution is 2.28. The lowest BCUT2D eigenvalue weighted by Crippen LogP contribution is -1.86. The van der Waals surface area contributed by atoms with Gasteiger partial charge in [0.25, 0.3) is 0 Å². The van der Waals surface area contributed by atoms with Crippen LogP contribution in [0.25, 0.3) is 17.3 Å². The molecule has 0 aliphatic rings. The molecule has 0 atom stereocenters. The van der Waals surface area contributed by atoms with Crippen molar-refractivity contribution < 1.29 is 14.3 Å². The van der Waals surface area contributed by atoms with Crippen LogP contribution in [-0.4, -0.2) is 21.3 Å². The Morgan fingerprint density at radius 1 is 1.53 bits per heavy atom. The van der Waals surface area contributed by atoms with Crippen LogP contribution in [0.3, 0.4) is 0 Å². The van der Waals surface area contributed by atoms with Crippen molar-refractivity contribution in [2.24, 2.45) is 0 Å². The van der Waals surface area contributed by atoms with Crippen LogP contribution in [0, 0.1) is 13.8 Å². The molecule has 0 unspecified atom stereocenters. The maximum absolute atomic E-state index is 10.5. The lowest BCUT2D eigenvalue weighted by molar-refractivity contribution is -0.131. The average molecular weight is 232 g/mol. The van der Waals surface area contributed by atoms with Gasteiger partial charge in [-0.3, -0.25) is 5.10 Å². The van der Waals surface area contributed by atoms with Gasteiger partial charge in [0.2, 0.25) is 0 Å².